The van der Waals surface area contributed by atoms with Crippen LogP contribution in [0.4, 0.5) is 5.82 Å². The standard InChI is InChI=1S/C9H7BrN2O2/c10-6-3-4-11-7(5-6)12-8(13)1-2-9(12)14/h3-5H,1-2H2. The van der Waals surface area contributed by atoms with Crippen LogP contribution < -0.4 is 4.90 Å². The van der Waals surface area contributed by atoms with Gasteiger partial charge in [0.25, 0.3) is 0 Å². The number of amides is 2. The minimum absolute atomic E-state index is 0.180. The predicted octanol–water partition coefficient (Wildman–Crippen LogP) is 1.50. The fourth-order valence-corrected chi connectivity index (χ4v) is 1.67. The van der Waals surface area contributed by atoms with Crippen molar-refractivity contribution in [2.45, 2.75) is 12.8 Å². The number of aromatic nitrogens is 1. The molecule has 1 aliphatic heterocycles. The van der Waals surface area contributed by atoms with Gasteiger partial charge in [-0.3, -0.25) is 9.59 Å². The average Bonchev–Trinajstić information content (AvgIpc) is 2.46. The molecule has 2 rings (SSSR count). The lowest BCUT2D eigenvalue weighted by atomic mass is 10.4. The van der Waals surface area contributed by atoms with Gasteiger partial charge >= 0.3 is 0 Å². The Morgan fingerprint density at radius 2 is 1.93 bits per heavy atom. The van der Waals surface area contributed by atoms with Crippen molar-refractivity contribution < 1.29 is 9.59 Å². The summed E-state index contributed by atoms with van der Waals surface area (Å²) in [5, 5.41) is 0. The SMILES string of the molecule is O=C1CCC(=O)N1c1cc(Br)ccn1. The van der Waals surface area contributed by atoms with Gasteiger partial charge in [0, 0.05) is 23.5 Å². The minimum Gasteiger partial charge on any atom is -0.274 e. The van der Waals surface area contributed by atoms with Crippen LogP contribution >= 0.6 is 15.9 Å². The van der Waals surface area contributed by atoms with E-state index in [-0.39, 0.29) is 24.7 Å². The summed E-state index contributed by atoms with van der Waals surface area (Å²) in [6, 6.07) is 3.40. The van der Waals surface area contributed by atoms with Gasteiger partial charge in [0.2, 0.25) is 11.8 Å². The van der Waals surface area contributed by atoms with Crippen LogP contribution in [0, 0.1) is 0 Å². The van der Waals surface area contributed by atoms with Crippen molar-refractivity contribution in [3.8, 4) is 0 Å². The highest BCUT2D eigenvalue weighted by Gasteiger charge is 2.31. The van der Waals surface area contributed by atoms with Gasteiger partial charge in [0.05, 0.1) is 0 Å². The zero-order valence-corrected chi connectivity index (χ0v) is 8.82. The maximum Gasteiger partial charge on any atom is 0.235 e. The summed E-state index contributed by atoms with van der Waals surface area (Å²) in [6.07, 6.45) is 2.12. The summed E-state index contributed by atoms with van der Waals surface area (Å²) in [7, 11) is 0. The number of halogens is 1. The average molecular weight is 255 g/mol. The zero-order chi connectivity index (χ0) is 10.1. The van der Waals surface area contributed by atoms with Gasteiger partial charge in [-0.1, -0.05) is 15.9 Å². The molecule has 1 aromatic heterocycles. The molecule has 5 heteroatoms. The van der Waals surface area contributed by atoms with E-state index in [1.807, 2.05) is 0 Å². The molecule has 14 heavy (non-hydrogen) atoms. The number of rotatable bonds is 1. The highest BCUT2D eigenvalue weighted by Crippen LogP contribution is 2.22. The fourth-order valence-electron chi connectivity index (χ4n) is 1.35. The lowest BCUT2D eigenvalue weighted by Gasteiger charge is -2.11. The molecule has 1 aromatic rings. The summed E-state index contributed by atoms with van der Waals surface area (Å²) in [5.41, 5.74) is 0. The number of pyridine rings is 1. The lowest BCUT2D eigenvalue weighted by Crippen LogP contribution is -2.29. The van der Waals surface area contributed by atoms with Crippen LogP contribution in [0.25, 0.3) is 0 Å². The third kappa shape index (κ3) is 1.55. The Morgan fingerprint density at radius 1 is 1.29 bits per heavy atom. The Hall–Kier alpha value is -1.23. The first-order valence-electron chi connectivity index (χ1n) is 4.16. The molecule has 0 aliphatic carbocycles. The van der Waals surface area contributed by atoms with Crippen LogP contribution in [0.15, 0.2) is 22.8 Å². The van der Waals surface area contributed by atoms with Gasteiger partial charge in [-0.25, -0.2) is 9.88 Å². The van der Waals surface area contributed by atoms with Crippen LogP contribution in [0.3, 0.4) is 0 Å². The first kappa shape index (κ1) is 9.33. The third-order valence-electron chi connectivity index (χ3n) is 1.99. The smallest absolute Gasteiger partial charge is 0.235 e. The van der Waals surface area contributed by atoms with Gasteiger partial charge in [-0.05, 0) is 12.1 Å². The van der Waals surface area contributed by atoms with Crippen LogP contribution in [0.5, 0.6) is 0 Å². The first-order chi connectivity index (χ1) is 6.68. The second-order valence-electron chi connectivity index (χ2n) is 2.96. The second kappa shape index (κ2) is 3.49. The van der Waals surface area contributed by atoms with E-state index in [0.717, 1.165) is 9.37 Å². The molecule has 0 saturated carbocycles. The molecular weight excluding hydrogens is 248 g/mol. The number of hydrogen-bond acceptors (Lipinski definition) is 3. The van der Waals surface area contributed by atoms with Crippen molar-refractivity contribution in [1.82, 2.24) is 4.98 Å². The van der Waals surface area contributed by atoms with Gasteiger partial charge in [-0.2, -0.15) is 0 Å². The number of carbonyl (C=O) groups is 2. The highest BCUT2D eigenvalue weighted by molar-refractivity contribution is 9.10. The van der Waals surface area contributed by atoms with Gasteiger partial charge in [0.15, 0.2) is 0 Å². The molecular formula is C9H7BrN2O2. The summed E-state index contributed by atoms with van der Waals surface area (Å²) in [6.45, 7) is 0. The van der Waals surface area contributed by atoms with E-state index in [4.69, 9.17) is 0 Å². The van der Waals surface area contributed by atoms with Crippen LogP contribution in [-0.2, 0) is 9.59 Å². The van der Waals surface area contributed by atoms with Gasteiger partial charge in [0.1, 0.15) is 5.82 Å². The largest absolute Gasteiger partial charge is 0.274 e. The molecule has 0 spiro atoms. The van der Waals surface area contributed by atoms with Gasteiger partial charge < -0.3 is 0 Å². The van der Waals surface area contributed by atoms with Crippen molar-refractivity contribution in [3.63, 3.8) is 0 Å². The number of anilines is 1. The highest BCUT2D eigenvalue weighted by atomic mass is 79.9. The van der Waals surface area contributed by atoms with E-state index in [1.54, 1.807) is 18.3 Å². The minimum atomic E-state index is -0.180. The van der Waals surface area contributed by atoms with Crippen molar-refractivity contribution in [2.75, 3.05) is 4.90 Å². The van der Waals surface area contributed by atoms with Crippen LogP contribution in [0.2, 0.25) is 0 Å². The molecule has 1 fully saturated rings. The molecule has 0 aromatic carbocycles. The molecule has 0 bridgehead atoms. The lowest BCUT2D eigenvalue weighted by molar-refractivity contribution is -0.121. The Morgan fingerprint density at radius 3 is 2.50 bits per heavy atom. The Balaban J connectivity index is 2.39. The molecule has 2 heterocycles. The molecule has 0 radical (unpaired) electrons. The normalized spacial score (nSPS) is 16.5. The molecule has 72 valence electrons. The third-order valence-corrected chi connectivity index (χ3v) is 2.48. The van der Waals surface area contributed by atoms with E-state index in [1.165, 1.54) is 0 Å². The molecule has 0 atom stereocenters. The Kier molecular flexibility index (Phi) is 2.33. The predicted molar refractivity (Wildman–Crippen MR) is 53.7 cm³/mol. The van der Waals surface area contributed by atoms with Crippen molar-refractivity contribution in [2.24, 2.45) is 0 Å². The van der Waals surface area contributed by atoms with Crippen LogP contribution in [0.1, 0.15) is 12.8 Å². The molecule has 1 aliphatic rings. The number of carbonyl (C=O) groups excluding carboxylic acids is 2. The molecule has 1 saturated heterocycles. The molecule has 4 nitrogen and oxygen atoms in total. The topological polar surface area (TPSA) is 50.3 Å². The Labute approximate surface area is 89.1 Å². The maximum atomic E-state index is 11.3. The molecule has 0 N–H and O–H groups in total. The van der Waals surface area contributed by atoms with Crippen molar-refractivity contribution in [3.05, 3.63) is 22.8 Å². The summed E-state index contributed by atoms with van der Waals surface area (Å²) in [5.74, 6) is 0.0353. The van der Waals surface area contributed by atoms with E-state index < -0.39 is 0 Å². The van der Waals surface area contributed by atoms with E-state index in [0.29, 0.717) is 5.82 Å². The summed E-state index contributed by atoms with van der Waals surface area (Å²) >= 11 is 3.26. The maximum absolute atomic E-state index is 11.3. The van der Waals surface area contributed by atoms with E-state index in [2.05, 4.69) is 20.9 Å². The van der Waals surface area contributed by atoms with E-state index >= 15 is 0 Å². The molecule has 2 amide bonds. The van der Waals surface area contributed by atoms with Crippen molar-refractivity contribution >= 4 is 33.6 Å². The summed E-state index contributed by atoms with van der Waals surface area (Å²) < 4.78 is 0.801. The Bertz CT molecular complexity index is 390. The summed E-state index contributed by atoms with van der Waals surface area (Å²) in [4.78, 5) is 27.8. The van der Waals surface area contributed by atoms with Crippen LogP contribution in [-0.4, -0.2) is 16.8 Å². The number of imide groups is 1. The quantitative estimate of drug-likeness (QED) is 0.714. The van der Waals surface area contributed by atoms with Gasteiger partial charge in [-0.15, -0.1) is 0 Å². The monoisotopic (exact) mass is 254 g/mol. The van der Waals surface area contributed by atoms with Crippen molar-refractivity contribution in [1.29, 1.82) is 0 Å². The first-order valence-corrected chi connectivity index (χ1v) is 4.95. The van der Waals surface area contributed by atoms with E-state index in [9.17, 15) is 9.59 Å². The fraction of sp³-hybridized carbons (Fsp3) is 0.222. The second-order valence-corrected chi connectivity index (χ2v) is 3.87. The molecule has 0 unspecified atom stereocenters. The number of nitrogens with zero attached hydrogens (tertiary/aromatic N) is 2. The zero-order valence-electron chi connectivity index (χ0n) is 7.24. The number of hydrogen-bond donors (Lipinski definition) is 0.